The molecule has 0 saturated heterocycles. The molecule has 2 N–H and O–H groups in total. The first kappa shape index (κ1) is 10.2. The van der Waals surface area contributed by atoms with Crippen LogP contribution < -0.4 is 5.73 Å². The molecule has 1 aromatic heterocycles. The first-order valence-corrected chi connectivity index (χ1v) is 7.04. The Hall–Kier alpha value is -0.760. The highest BCUT2D eigenvalue weighted by molar-refractivity contribution is 5.14. The van der Waals surface area contributed by atoms with Crippen LogP contribution >= 0.6 is 0 Å². The number of hydrogen-bond donors (Lipinski definition) is 1. The summed E-state index contributed by atoms with van der Waals surface area (Å²) in [6.07, 6.45) is 10.2. The summed E-state index contributed by atoms with van der Waals surface area (Å²) < 4.78 is 5.56. The second kappa shape index (κ2) is 3.38. The maximum absolute atomic E-state index is 6.54. The summed E-state index contributed by atoms with van der Waals surface area (Å²) in [5, 5.41) is 0. The van der Waals surface area contributed by atoms with Crippen molar-refractivity contribution in [3.63, 3.8) is 0 Å². The maximum atomic E-state index is 6.54. The van der Waals surface area contributed by atoms with E-state index in [1.807, 2.05) is 6.07 Å². The van der Waals surface area contributed by atoms with Gasteiger partial charge in [0, 0.05) is 0 Å². The van der Waals surface area contributed by atoms with Gasteiger partial charge in [-0.05, 0) is 73.8 Å². The van der Waals surface area contributed by atoms with Gasteiger partial charge in [0.2, 0.25) is 0 Å². The van der Waals surface area contributed by atoms with Crippen molar-refractivity contribution in [1.29, 1.82) is 0 Å². The molecular weight excluding hydrogens is 210 g/mol. The van der Waals surface area contributed by atoms with Gasteiger partial charge >= 0.3 is 0 Å². The van der Waals surface area contributed by atoms with Crippen LogP contribution in [-0.2, 0) is 0 Å². The number of hydrogen-bond acceptors (Lipinski definition) is 2. The quantitative estimate of drug-likeness (QED) is 0.846. The molecule has 0 spiro atoms. The third-order valence-electron chi connectivity index (χ3n) is 5.60. The van der Waals surface area contributed by atoms with Gasteiger partial charge in [-0.3, -0.25) is 0 Å². The first-order valence-electron chi connectivity index (χ1n) is 7.04. The summed E-state index contributed by atoms with van der Waals surface area (Å²) in [6.45, 7) is 0. The summed E-state index contributed by atoms with van der Waals surface area (Å²) in [6, 6.07) is 4.16. The topological polar surface area (TPSA) is 39.2 Å². The Bertz CT molecular complexity index is 373. The second-order valence-corrected chi connectivity index (χ2v) is 6.77. The molecule has 0 aliphatic heterocycles. The van der Waals surface area contributed by atoms with Gasteiger partial charge in [-0.1, -0.05) is 0 Å². The number of furan rings is 1. The molecule has 4 aliphatic rings. The first-order chi connectivity index (χ1) is 8.25. The molecular formula is C15H21NO. The van der Waals surface area contributed by atoms with E-state index in [0.29, 0.717) is 5.41 Å². The van der Waals surface area contributed by atoms with Crippen LogP contribution in [0.25, 0.3) is 0 Å². The third-order valence-corrected chi connectivity index (χ3v) is 5.60. The van der Waals surface area contributed by atoms with E-state index in [9.17, 15) is 0 Å². The predicted molar refractivity (Wildman–Crippen MR) is 66.2 cm³/mol. The smallest absolute Gasteiger partial charge is 0.121 e. The maximum Gasteiger partial charge on any atom is 0.121 e. The van der Waals surface area contributed by atoms with Gasteiger partial charge in [0.25, 0.3) is 0 Å². The van der Waals surface area contributed by atoms with Crippen molar-refractivity contribution in [1.82, 2.24) is 0 Å². The molecule has 1 heterocycles. The normalized spacial score (nSPS) is 45.1. The predicted octanol–water partition coefficient (Wildman–Crippen LogP) is 3.50. The Morgan fingerprint density at radius 2 is 1.71 bits per heavy atom. The third kappa shape index (κ3) is 1.43. The molecule has 0 amide bonds. The fraction of sp³-hybridized carbons (Fsp3) is 0.733. The fourth-order valence-electron chi connectivity index (χ4n) is 5.33. The van der Waals surface area contributed by atoms with Crippen LogP contribution in [0.4, 0.5) is 0 Å². The molecule has 92 valence electrons. The molecule has 1 unspecified atom stereocenters. The van der Waals surface area contributed by atoms with Crippen LogP contribution in [0.15, 0.2) is 22.8 Å². The van der Waals surface area contributed by atoms with E-state index in [-0.39, 0.29) is 6.04 Å². The molecule has 4 aliphatic carbocycles. The molecule has 4 bridgehead atoms. The van der Waals surface area contributed by atoms with E-state index < -0.39 is 0 Å². The molecule has 1 aromatic rings. The van der Waals surface area contributed by atoms with Crippen molar-refractivity contribution < 1.29 is 4.42 Å². The van der Waals surface area contributed by atoms with Gasteiger partial charge in [0.15, 0.2) is 0 Å². The van der Waals surface area contributed by atoms with Crippen molar-refractivity contribution in [3.05, 3.63) is 24.2 Å². The van der Waals surface area contributed by atoms with Crippen LogP contribution in [0.2, 0.25) is 0 Å². The summed E-state index contributed by atoms with van der Waals surface area (Å²) in [4.78, 5) is 0. The molecule has 0 radical (unpaired) electrons. The SMILES string of the molecule is NC(c1ccco1)C12CC3CC(CC(C3)C1)C2. The molecule has 0 aromatic carbocycles. The summed E-state index contributed by atoms with van der Waals surface area (Å²) in [5.41, 5.74) is 6.91. The van der Waals surface area contributed by atoms with Gasteiger partial charge in [0.05, 0.1) is 12.3 Å². The Kier molecular flexibility index (Phi) is 2.03. The lowest BCUT2D eigenvalue weighted by Crippen LogP contribution is -2.50. The van der Waals surface area contributed by atoms with Gasteiger partial charge in [-0.25, -0.2) is 0 Å². The highest BCUT2D eigenvalue weighted by Crippen LogP contribution is 2.63. The van der Waals surface area contributed by atoms with Gasteiger partial charge in [-0.2, -0.15) is 0 Å². The zero-order valence-corrected chi connectivity index (χ0v) is 10.3. The highest BCUT2D eigenvalue weighted by Gasteiger charge is 2.54. The Labute approximate surface area is 103 Å². The lowest BCUT2D eigenvalue weighted by atomic mass is 9.47. The van der Waals surface area contributed by atoms with E-state index in [1.54, 1.807) is 6.26 Å². The van der Waals surface area contributed by atoms with Gasteiger partial charge in [0.1, 0.15) is 5.76 Å². The highest BCUT2D eigenvalue weighted by atomic mass is 16.3. The second-order valence-electron chi connectivity index (χ2n) is 6.77. The molecule has 4 fully saturated rings. The number of nitrogens with two attached hydrogens (primary N) is 1. The van der Waals surface area contributed by atoms with Crippen LogP contribution in [0.3, 0.4) is 0 Å². The molecule has 5 rings (SSSR count). The van der Waals surface area contributed by atoms with E-state index in [4.69, 9.17) is 10.2 Å². The standard InChI is InChI=1S/C15H21NO/c16-14(13-2-1-3-17-13)15-7-10-4-11(8-15)6-12(5-10)9-15/h1-3,10-12,14H,4-9,16H2. The lowest BCUT2D eigenvalue weighted by Gasteiger charge is -2.58. The zero-order valence-electron chi connectivity index (χ0n) is 10.3. The van der Waals surface area contributed by atoms with E-state index in [2.05, 4.69) is 6.07 Å². The van der Waals surface area contributed by atoms with E-state index >= 15 is 0 Å². The average molecular weight is 231 g/mol. The van der Waals surface area contributed by atoms with Crippen LogP contribution in [0, 0.1) is 23.2 Å². The summed E-state index contributed by atoms with van der Waals surface area (Å²) >= 11 is 0. The van der Waals surface area contributed by atoms with Crippen molar-refractivity contribution in [2.24, 2.45) is 28.9 Å². The fourth-order valence-corrected chi connectivity index (χ4v) is 5.33. The average Bonchev–Trinajstić information content (AvgIpc) is 2.79. The minimum atomic E-state index is 0.130. The summed E-state index contributed by atoms with van der Waals surface area (Å²) in [7, 11) is 0. The van der Waals surface area contributed by atoms with Crippen molar-refractivity contribution in [2.45, 2.75) is 44.6 Å². The van der Waals surface area contributed by atoms with Crippen molar-refractivity contribution in [2.75, 3.05) is 0 Å². The number of rotatable bonds is 2. The molecule has 1 atom stereocenters. The largest absolute Gasteiger partial charge is 0.468 e. The molecule has 2 nitrogen and oxygen atoms in total. The lowest BCUT2D eigenvalue weighted by molar-refractivity contribution is -0.0709. The zero-order chi connectivity index (χ0) is 11.5. The van der Waals surface area contributed by atoms with Gasteiger partial charge in [-0.15, -0.1) is 0 Å². The van der Waals surface area contributed by atoms with E-state index in [0.717, 1.165) is 23.5 Å². The molecule has 4 saturated carbocycles. The Morgan fingerprint density at radius 3 is 2.18 bits per heavy atom. The minimum Gasteiger partial charge on any atom is -0.468 e. The minimum absolute atomic E-state index is 0.130. The van der Waals surface area contributed by atoms with Crippen molar-refractivity contribution in [3.8, 4) is 0 Å². The monoisotopic (exact) mass is 231 g/mol. The Morgan fingerprint density at radius 1 is 1.12 bits per heavy atom. The molecule has 2 heteroatoms. The van der Waals surface area contributed by atoms with Crippen LogP contribution in [-0.4, -0.2) is 0 Å². The van der Waals surface area contributed by atoms with E-state index in [1.165, 1.54) is 38.5 Å². The van der Waals surface area contributed by atoms with Crippen LogP contribution in [0.1, 0.15) is 50.3 Å². The van der Waals surface area contributed by atoms with Gasteiger partial charge < -0.3 is 10.2 Å². The van der Waals surface area contributed by atoms with Crippen LogP contribution in [0.5, 0.6) is 0 Å². The Balaban J connectivity index is 1.68. The summed E-state index contributed by atoms with van der Waals surface area (Å²) in [5.74, 6) is 3.89. The van der Waals surface area contributed by atoms with Crippen molar-refractivity contribution >= 4 is 0 Å². The molecule has 17 heavy (non-hydrogen) atoms.